The standard InChI is InChI=1S/C15H17BrClN3O2/c1-11(16)10-18-15(22)20-7-5-19(6-8-20)14(21)12-3-2-4-13(17)9-12/h2-4,9H,1,5-8,10H2,(H,18,22). The zero-order valence-electron chi connectivity index (χ0n) is 12.0. The molecule has 5 nitrogen and oxygen atoms in total. The maximum Gasteiger partial charge on any atom is 0.317 e. The van der Waals surface area contributed by atoms with Gasteiger partial charge in [-0.05, 0) is 18.2 Å². The molecule has 0 aromatic heterocycles. The van der Waals surface area contributed by atoms with Crippen LogP contribution in [-0.4, -0.2) is 54.5 Å². The number of nitrogens with zero attached hydrogens (tertiary/aromatic N) is 2. The topological polar surface area (TPSA) is 52.7 Å². The van der Waals surface area contributed by atoms with Crippen molar-refractivity contribution in [3.63, 3.8) is 0 Å². The van der Waals surface area contributed by atoms with Crippen LogP contribution < -0.4 is 5.32 Å². The SMILES string of the molecule is C=C(Br)CNC(=O)N1CCN(C(=O)c2cccc(Cl)c2)CC1. The van der Waals surface area contributed by atoms with Crippen molar-refractivity contribution >= 4 is 39.5 Å². The van der Waals surface area contributed by atoms with E-state index in [1.54, 1.807) is 34.1 Å². The van der Waals surface area contributed by atoms with Crippen LogP contribution in [0.5, 0.6) is 0 Å². The van der Waals surface area contributed by atoms with Gasteiger partial charge < -0.3 is 15.1 Å². The number of amides is 3. The first-order valence-electron chi connectivity index (χ1n) is 6.88. The molecule has 2 rings (SSSR count). The Kier molecular flexibility index (Phi) is 5.85. The summed E-state index contributed by atoms with van der Waals surface area (Å²) < 4.78 is 0.718. The number of rotatable bonds is 3. The smallest absolute Gasteiger partial charge is 0.317 e. The molecule has 0 aliphatic carbocycles. The van der Waals surface area contributed by atoms with Gasteiger partial charge in [-0.1, -0.05) is 40.2 Å². The molecule has 1 aromatic rings. The van der Waals surface area contributed by atoms with Gasteiger partial charge >= 0.3 is 6.03 Å². The summed E-state index contributed by atoms with van der Waals surface area (Å²) in [6.45, 7) is 6.09. The van der Waals surface area contributed by atoms with Gasteiger partial charge in [0, 0.05) is 41.2 Å². The Balaban J connectivity index is 1.88. The van der Waals surface area contributed by atoms with Gasteiger partial charge in [-0.15, -0.1) is 0 Å². The highest BCUT2D eigenvalue weighted by Crippen LogP contribution is 2.14. The lowest BCUT2D eigenvalue weighted by molar-refractivity contribution is 0.0665. The number of carbonyl (C=O) groups is 2. The largest absolute Gasteiger partial charge is 0.335 e. The molecule has 22 heavy (non-hydrogen) atoms. The fourth-order valence-electron chi connectivity index (χ4n) is 2.20. The highest BCUT2D eigenvalue weighted by molar-refractivity contribution is 9.11. The third kappa shape index (κ3) is 4.48. The molecule has 7 heteroatoms. The lowest BCUT2D eigenvalue weighted by Gasteiger charge is -2.34. The first kappa shape index (κ1) is 16.8. The van der Waals surface area contributed by atoms with Crippen LogP contribution >= 0.6 is 27.5 Å². The van der Waals surface area contributed by atoms with Crippen molar-refractivity contribution in [1.82, 2.24) is 15.1 Å². The van der Waals surface area contributed by atoms with E-state index in [1.165, 1.54) is 0 Å². The Hall–Kier alpha value is -1.53. The molecule has 1 aliphatic rings. The van der Waals surface area contributed by atoms with E-state index in [9.17, 15) is 9.59 Å². The summed E-state index contributed by atoms with van der Waals surface area (Å²) in [5, 5.41) is 3.30. The van der Waals surface area contributed by atoms with Gasteiger partial charge in [-0.3, -0.25) is 4.79 Å². The van der Waals surface area contributed by atoms with Crippen LogP contribution in [0.4, 0.5) is 4.79 Å². The fourth-order valence-corrected chi connectivity index (χ4v) is 2.53. The van der Waals surface area contributed by atoms with Crippen LogP contribution in [0.1, 0.15) is 10.4 Å². The van der Waals surface area contributed by atoms with Gasteiger partial charge in [0.05, 0.1) is 6.54 Å². The first-order valence-corrected chi connectivity index (χ1v) is 8.05. The Bertz CT molecular complexity index is 586. The number of halogens is 2. The van der Waals surface area contributed by atoms with E-state index >= 15 is 0 Å². The second kappa shape index (κ2) is 7.65. The highest BCUT2D eigenvalue weighted by atomic mass is 79.9. The van der Waals surface area contributed by atoms with Gasteiger partial charge in [0.15, 0.2) is 0 Å². The van der Waals surface area contributed by atoms with Crippen LogP contribution in [0.25, 0.3) is 0 Å². The van der Waals surface area contributed by atoms with Gasteiger partial charge in [0.1, 0.15) is 0 Å². The lowest BCUT2D eigenvalue weighted by atomic mass is 10.2. The van der Waals surface area contributed by atoms with Gasteiger partial charge in [-0.25, -0.2) is 4.79 Å². The van der Waals surface area contributed by atoms with Crippen LogP contribution in [0.3, 0.4) is 0 Å². The summed E-state index contributed by atoms with van der Waals surface area (Å²) in [4.78, 5) is 27.7. The molecule has 1 heterocycles. The van der Waals surface area contributed by atoms with Crippen molar-refractivity contribution in [2.45, 2.75) is 0 Å². The summed E-state index contributed by atoms with van der Waals surface area (Å²) in [6.07, 6.45) is 0. The minimum Gasteiger partial charge on any atom is -0.335 e. The minimum atomic E-state index is -0.143. The van der Waals surface area contributed by atoms with E-state index in [2.05, 4.69) is 27.8 Å². The minimum absolute atomic E-state index is 0.0589. The molecule has 0 saturated carbocycles. The van der Waals surface area contributed by atoms with Crippen LogP contribution in [-0.2, 0) is 0 Å². The number of hydrogen-bond acceptors (Lipinski definition) is 2. The van der Waals surface area contributed by atoms with Crippen LogP contribution in [0.2, 0.25) is 5.02 Å². The molecule has 1 aromatic carbocycles. The summed E-state index contributed by atoms with van der Waals surface area (Å²) in [5.74, 6) is -0.0589. The second-order valence-corrected chi connectivity index (χ2v) is 6.52. The van der Waals surface area contributed by atoms with E-state index in [0.29, 0.717) is 43.3 Å². The number of carbonyl (C=O) groups excluding carboxylic acids is 2. The molecule has 1 N–H and O–H groups in total. The first-order chi connectivity index (χ1) is 10.5. The Morgan fingerprint density at radius 3 is 2.45 bits per heavy atom. The van der Waals surface area contributed by atoms with Crippen molar-refractivity contribution in [3.05, 3.63) is 45.9 Å². The normalized spacial score (nSPS) is 14.6. The molecule has 0 bridgehead atoms. The van der Waals surface area contributed by atoms with Crippen molar-refractivity contribution < 1.29 is 9.59 Å². The maximum absolute atomic E-state index is 12.4. The zero-order chi connectivity index (χ0) is 16.1. The predicted molar refractivity (Wildman–Crippen MR) is 90.4 cm³/mol. The number of nitrogens with one attached hydrogen (secondary N) is 1. The lowest BCUT2D eigenvalue weighted by Crippen LogP contribution is -2.53. The number of piperazine rings is 1. The summed E-state index contributed by atoms with van der Waals surface area (Å²) in [7, 11) is 0. The Morgan fingerprint density at radius 1 is 1.23 bits per heavy atom. The average molecular weight is 387 g/mol. The van der Waals surface area contributed by atoms with E-state index in [0.717, 1.165) is 4.48 Å². The third-order valence-electron chi connectivity index (χ3n) is 3.36. The summed E-state index contributed by atoms with van der Waals surface area (Å²) in [6, 6.07) is 6.75. The van der Waals surface area contributed by atoms with Crippen LogP contribution in [0.15, 0.2) is 35.3 Å². The molecule has 0 unspecified atom stereocenters. The third-order valence-corrected chi connectivity index (χ3v) is 3.87. The Morgan fingerprint density at radius 2 is 1.86 bits per heavy atom. The summed E-state index contributed by atoms with van der Waals surface area (Å²) in [5.41, 5.74) is 0.570. The molecule has 0 atom stereocenters. The molecule has 0 radical (unpaired) electrons. The van der Waals surface area contributed by atoms with E-state index in [-0.39, 0.29) is 11.9 Å². The van der Waals surface area contributed by atoms with Crippen molar-refractivity contribution in [2.75, 3.05) is 32.7 Å². The fraction of sp³-hybridized carbons (Fsp3) is 0.333. The summed E-state index contributed by atoms with van der Waals surface area (Å²) >= 11 is 9.11. The van der Waals surface area contributed by atoms with Crippen LogP contribution in [0, 0.1) is 0 Å². The molecule has 3 amide bonds. The quantitative estimate of drug-likeness (QED) is 0.868. The van der Waals surface area contributed by atoms with E-state index in [4.69, 9.17) is 11.6 Å². The van der Waals surface area contributed by atoms with Gasteiger partial charge in [0.2, 0.25) is 0 Å². The molecule has 1 fully saturated rings. The van der Waals surface area contributed by atoms with Crippen molar-refractivity contribution in [2.24, 2.45) is 0 Å². The van der Waals surface area contributed by atoms with Gasteiger partial charge in [-0.2, -0.15) is 0 Å². The molecular weight excluding hydrogens is 370 g/mol. The van der Waals surface area contributed by atoms with Gasteiger partial charge in [0.25, 0.3) is 5.91 Å². The molecular formula is C15H17BrClN3O2. The molecule has 1 saturated heterocycles. The molecule has 1 aliphatic heterocycles. The Labute approximate surface area is 143 Å². The maximum atomic E-state index is 12.4. The predicted octanol–water partition coefficient (Wildman–Crippen LogP) is 2.72. The zero-order valence-corrected chi connectivity index (χ0v) is 14.4. The highest BCUT2D eigenvalue weighted by Gasteiger charge is 2.24. The average Bonchev–Trinajstić information content (AvgIpc) is 2.52. The van der Waals surface area contributed by atoms with Crippen molar-refractivity contribution in [3.8, 4) is 0 Å². The van der Waals surface area contributed by atoms with E-state index < -0.39 is 0 Å². The monoisotopic (exact) mass is 385 g/mol. The second-order valence-electron chi connectivity index (χ2n) is 4.97. The van der Waals surface area contributed by atoms with E-state index in [1.807, 2.05) is 0 Å². The number of urea groups is 1. The molecule has 118 valence electrons. The number of hydrogen-bond donors (Lipinski definition) is 1. The molecule has 0 spiro atoms. The van der Waals surface area contributed by atoms with Crippen molar-refractivity contribution in [1.29, 1.82) is 0 Å². The number of benzene rings is 1.